The molecule has 0 fully saturated rings. The highest BCUT2D eigenvalue weighted by Crippen LogP contribution is 2.41. The van der Waals surface area contributed by atoms with Gasteiger partial charge in [-0.3, -0.25) is 4.79 Å². The van der Waals surface area contributed by atoms with Crippen molar-refractivity contribution in [1.29, 1.82) is 0 Å². The first-order valence-electron chi connectivity index (χ1n) is 10.4. The molecule has 1 aromatic heterocycles. The monoisotopic (exact) mass is 422 g/mol. The summed E-state index contributed by atoms with van der Waals surface area (Å²) in [6.07, 6.45) is 0. The van der Waals surface area contributed by atoms with Crippen molar-refractivity contribution in [2.45, 2.75) is 0 Å². The van der Waals surface area contributed by atoms with Gasteiger partial charge in [0, 0.05) is 22.6 Å². The van der Waals surface area contributed by atoms with Gasteiger partial charge in [-0.15, -0.1) is 0 Å². The van der Waals surface area contributed by atoms with Gasteiger partial charge in [0.25, 0.3) is 0 Å². The highest BCUT2D eigenvalue weighted by molar-refractivity contribution is 6.18. The van der Waals surface area contributed by atoms with Gasteiger partial charge in [0.2, 0.25) is 5.78 Å². The molecule has 1 aliphatic rings. The molecule has 156 valence electrons. The van der Waals surface area contributed by atoms with E-state index in [1.165, 1.54) is 6.07 Å². The largest absolute Gasteiger partial charge is 0.508 e. The Morgan fingerprint density at radius 3 is 2.50 bits per heavy atom. The molecule has 5 aromatic rings. The van der Waals surface area contributed by atoms with E-state index in [9.17, 15) is 9.90 Å². The van der Waals surface area contributed by atoms with Crippen molar-refractivity contribution in [2.75, 3.05) is 13.2 Å². The smallest absolute Gasteiger partial charge is 0.229 e. The van der Waals surface area contributed by atoms with Gasteiger partial charge in [-0.05, 0) is 46.7 Å². The van der Waals surface area contributed by atoms with Crippen LogP contribution in [0.25, 0.3) is 32.9 Å². The first kappa shape index (κ1) is 18.5. The fourth-order valence-corrected chi connectivity index (χ4v) is 4.27. The van der Waals surface area contributed by atoms with Crippen molar-refractivity contribution in [3.8, 4) is 28.4 Å². The van der Waals surface area contributed by atoms with E-state index in [0.717, 1.165) is 21.7 Å². The van der Waals surface area contributed by atoms with E-state index in [2.05, 4.69) is 0 Å². The van der Waals surface area contributed by atoms with Crippen molar-refractivity contribution in [3.63, 3.8) is 0 Å². The summed E-state index contributed by atoms with van der Waals surface area (Å²) in [6.45, 7) is 0.925. The van der Waals surface area contributed by atoms with Gasteiger partial charge in [-0.2, -0.15) is 0 Å². The normalized spacial score (nSPS) is 12.9. The van der Waals surface area contributed by atoms with Crippen LogP contribution in [0.5, 0.6) is 17.2 Å². The van der Waals surface area contributed by atoms with Crippen LogP contribution >= 0.6 is 0 Å². The number of benzene rings is 4. The van der Waals surface area contributed by atoms with E-state index >= 15 is 0 Å². The molecule has 5 nitrogen and oxygen atoms in total. The molecule has 1 N–H and O–H groups in total. The molecule has 1 aliphatic heterocycles. The Kier molecular flexibility index (Phi) is 4.15. The second-order valence-electron chi connectivity index (χ2n) is 7.70. The summed E-state index contributed by atoms with van der Waals surface area (Å²) in [5.74, 6) is 1.20. The van der Waals surface area contributed by atoms with Gasteiger partial charge in [-0.1, -0.05) is 42.5 Å². The number of phenolic OH excluding ortho intramolecular Hbond substituents is 1. The van der Waals surface area contributed by atoms with Gasteiger partial charge in [-0.25, -0.2) is 0 Å². The number of hydrogen-bond acceptors (Lipinski definition) is 5. The van der Waals surface area contributed by atoms with E-state index in [0.29, 0.717) is 41.4 Å². The number of ether oxygens (including phenoxy) is 2. The van der Waals surface area contributed by atoms with E-state index in [1.54, 1.807) is 30.3 Å². The maximum atomic E-state index is 13.7. The van der Waals surface area contributed by atoms with Gasteiger partial charge in [0.1, 0.15) is 24.5 Å². The molecule has 0 saturated carbocycles. The Balaban J connectivity index is 1.60. The number of aromatic hydroxyl groups is 1. The summed E-state index contributed by atoms with van der Waals surface area (Å²) in [6, 6.07) is 24.1. The Morgan fingerprint density at radius 2 is 1.59 bits per heavy atom. The zero-order chi connectivity index (χ0) is 21.7. The molecule has 0 aliphatic carbocycles. The van der Waals surface area contributed by atoms with Crippen molar-refractivity contribution < 1.29 is 23.8 Å². The van der Waals surface area contributed by atoms with Crippen LogP contribution in [0.3, 0.4) is 0 Å². The molecule has 0 spiro atoms. The number of hydrogen-bond donors (Lipinski definition) is 1. The molecule has 32 heavy (non-hydrogen) atoms. The van der Waals surface area contributed by atoms with Crippen LogP contribution < -0.4 is 9.47 Å². The third-order valence-electron chi connectivity index (χ3n) is 5.74. The maximum absolute atomic E-state index is 13.7. The summed E-state index contributed by atoms with van der Waals surface area (Å²) in [5, 5.41) is 12.8. The van der Waals surface area contributed by atoms with E-state index in [1.807, 2.05) is 42.5 Å². The Morgan fingerprint density at radius 1 is 0.781 bits per heavy atom. The number of rotatable bonds is 3. The molecular weight excluding hydrogens is 404 g/mol. The van der Waals surface area contributed by atoms with Crippen LogP contribution in [0.15, 0.2) is 83.3 Å². The molecule has 5 heteroatoms. The van der Waals surface area contributed by atoms with Crippen LogP contribution in [-0.2, 0) is 0 Å². The lowest BCUT2D eigenvalue weighted by atomic mass is 9.93. The summed E-state index contributed by atoms with van der Waals surface area (Å²) >= 11 is 0. The van der Waals surface area contributed by atoms with Crippen molar-refractivity contribution in [1.82, 2.24) is 0 Å². The SMILES string of the molecule is O=C(c1ccc2c(c1)OCCO2)c1oc2cc(O)ccc2c1-c1cccc2ccccc12. The standard InChI is InChI=1S/C27H18O5/c28-18-9-10-21-23(15-18)32-27(25(21)20-7-3-5-16-4-1-2-6-19(16)20)26(29)17-8-11-22-24(14-17)31-13-12-30-22/h1-11,14-15,28H,12-13H2. The molecule has 0 amide bonds. The van der Waals surface area contributed by atoms with Crippen LogP contribution in [0.4, 0.5) is 0 Å². The third-order valence-corrected chi connectivity index (χ3v) is 5.74. The van der Waals surface area contributed by atoms with Crippen LogP contribution in [0.2, 0.25) is 0 Å². The Labute approximate surface area is 183 Å². The predicted molar refractivity (Wildman–Crippen MR) is 122 cm³/mol. The van der Waals surface area contributed by atoms with E-state index < -0.39 is 0 Å². The summed E-state index contributed by atoms with van der Waals surface area (Å²) in [7, 11) is 0. The second kappa shape index (κ2) is 7.17. The minimum absolute atomic E-state index is 0.0778. The first-order valence-corrected chi connectivity index (χ1v) is 10.4. The first-order chi connectivity index (χ1) is 15.7. The van der Waals surface area contributed by atoms with Crippen LogP contribution in [-0.4, -0.2) is 24.1 Å². The van der Waals surface area contributed by atoms with E-state index in [-0.39, 0.29) is 17.3 Å². The Bertz CT molecular complexity index is 1510. The molecule has 0 bridgehead atoms. The van der Waals surface area contributed by atoms with Gasteiger partial charge in [0.15, 0.2) is 17.3 Å². The molecule has 2 heterocycles. The highest BCUT2D eigenvalue weighted by Gasteiger charge is 2.26. The zero-order valence-corrected chi connectivity index (χ0v) is 17.0. The van der Waals surface area contributed by atoms with Crippen molar-refractivity contribution in [2.24, 2.45) is 0 Å². The number of phenols is 1. The fourth-order valence-electron chi connectivity index (χ4n) is 4.27. The lowest BCUT2D eigenvalue weighted by Gasteiger charge is -2.18. The minimum Gasteiger partial charge on any atom is -0.508 e. The zero-order valence-electron chi connectivity index (χ0n) is 17.0. The predicted octanol–water partition coefficient (Wildman–Crippen LogP) is 5.96. The number of carbonyl (C=O) groups is 1. The van der Waals surface area contributed by atoms with Crippen LogP contribution in [0, 0.1) is 0 Å². The maximum Gasteiger partial charge on any atom is 0.229 e. The summed E-state index contributed by atoms with van der Waals surface area (Å²) in [4.78, 5) is 13.7. The number of carbonyl (C=O) groups excluding carboxylic acids is 1. The topological polar surface area (TPSA) is 68.9 Å². The molecule has 4 aromatic carbocycles. The van der Waals surface area contributed by atoms with Crippen LogP contribution in [0.1, 0.15) is 16.1 Å². The Hall–Kier alpha value is -4.25. The lowest BCUT2D eigenvalue weighted by Crippen LogP contribution is -2.15. The van der Waals surface area contributed by atoms with E-state index in [4.69, 9.17) is 13.9 Å². The van der Waals surface area contributed by atoms with Crippen molar-refractivity contribution >= 4 is 27.5 Å². The van der Waals surface area contributed by atoms with Gasteiger partial charge >= 0.3 is 0 Å². The molecule has 0 saturated heterocycles. The second-order valence-corrected chi connectivity index (χ2v) is 7.70. The molecule has 6 rings (SSSR count). The molecule has 0 atom stereocenters. The highest BCUT2D eigenvalue weighted by atomic mass is 16.6. The fraction of sp³-hybridized carbons (Fsp3) is 0.0741. The average molecular weight is 422 g/mol. The quantitative estimate of drug-likeness (QED) is 0.363. The number of ketones is 1. The number of furan rings is 1. The average Bonchev–Trinajstić information content (AvgIpc) is 3.21. The lowest BCUT2D eigenvalue weighted by molar-refractivity contribution is 0.101. The number of fused-ring (bicyclic) bond motifs is 3. The summed E-state index contributed by atoms with van der Waals surface area (Å²) in [5.41, 5.74) is 2.50. The summed E-state index contributed by atoms with van der Waals surface area (Å²) < 4.78 is 17.3. The molecule has 0 unspecified atom stereocenters. The molecular formula is C27H18O5. The third kappa shape index (κ3) is 2.90. The minimum atomic E-state index is -0.263. The van der Waals surface area contributed by atoms with Gasteiger partial charge < -0.3 is 19.0 Å². The molecule has 0 radical (unpaired) electrons. The van der Waals surface area contributed by atoms with Crippen molar-refractivity contribution in [3.05, 3.63) is 90.2 Å². The van der Waals surface area contributed by atoms with Gasteiger partial charge in [0.05, 0.1) is 0 Å².